The van der Waals surface area contributed by atoms with E-state index >= 15 is 0 Å². The number of carboxylic acids is 1. The Bertz CT molecular complexity index is 280. The molecule has 2 aliphatic rings. The lowest BCUT2D eigenvalue weighted by Crippen LogP contribution is -2.60. The lowest BCUT2D eigenvalue weighted by Gasteiger charge is -2.49. The predicted molar refractivity (Wildman–Crippen MR) is 66.5 cm³/mol. The van der Waals surface area contributed by atoms with Gasteiger partial charge in [-0.15, -0.1) is 11.8 Å². The Morgan fingerprint density at radius 3 is 2.88 bits per heavy atom. The highest BCUT2D eigenvalue weighted by atomic mass is 32.2. The van der Waals surface area contributed by atoms with Gasteiger partial charge in [0, 0.05) is 0 Å². The molecule has 0 bridgehead atoms. The molecule has 4 unspecified atom stereocenters. The predicted octanol–water partition coefficient (Wildman–Crippen LogP) is 2.32. The third-order valence-corrected chi connectivity index (χ3v) is 5.93. The van der Waals surface area contributed by atoms with Crippen LogP contribution in [-0.2, 0) is 4.79 Å². The van der Waals surface area contributed by atoms with Crippen molar-refractivity contribution in [3.63, 3.8) is 0 Å². The summed E-state index contributed by atoms with van der Waals surface area (Å²) >= 11 is 1.95. The summed E-state index contributed by atoms with van der Waals surface area (Å²) < 4.78 is 0. The van der Waals surface area contributed by atoms with Crippen molar-refractivity contribution in [1.82, 2.24) is 5.32 Å². The smallest absolute Gasteiger partial charge is 0.320 e. The van der Waals surface area contributed by atoms with E-state index in [0.29, 0.717) is 11.8 Å². The van der Waals surface area contributed by atoms with Gasteiger partial charge in [-0.3, -0.25) is 10.1 Å². The summed E-state index contributed by atoms with van der Waals surface area (Å²) in [5.41, 5.74) is 0. The van der Waals surface area contributed by atoms with Crippen LogP contribution in [0.5, 0.6) is 0 Å². The second-order valence-corrected chi connectivity index (χ2v) is 6.65. The molecule has 4 atom stereocenters. The monoisotopic (exact) mass is 243 g/mol. The zero-order valence-corrected chi connectivity index (χ0v) is 10.8. The molecule has 1 aliphatic heterocycles. The van der Waals surface area contributed by atoms with Gasteiger partial charge in [0.1, 0.15) is 6.04 Å². The van der Waals surface area contributed by atoms with Gasteiger partial charge in [0.05, 0.1) is 4.87 Å². The molecule has 16 heavy (non-hydrogen) atoms. The van der Waals surface area contributed by atoms with Crippen molar-refractivity contribution in [3.05, 3.63) is 0 Å². The molecule has 1 spiro atoms. The minimum Gasteiger partial charge on any atom is -0.480 e. The molecular formula is C12H21NO2S. The van der Waals surface area contributed by atoms with Gasteiger partial charge in [0.25, 0.3) is 0 Å². The molecule has 1 heterocycles. The summed E-state index contributed by atoms with van der Waals surface area (Å²) in [4.78, 5) is 11.1. The first-order valence-electron chi connectivity index (χ1n) is 6.19. The number of carbonyl (C=O) groups is 1. The lowest BCUT2D eigenvalue weighted by molar-refractivity contribution is -0.140. The van der Waals surface area contributed by atoms with Crippen LogP contribution in [0.4, 0.5) is 0 Å². The van der Waals surface area contributed by atoms with Crippen LogP contribution in [0, 0.1) is 11.8 Å². The number of carboxylic acid groups (broad SMARTS) is 1. The van der Waals surface area contributed by atoms with Crippen molar-refractivity contribution in [3.8, 4) is 0 Å². The van der Waals surface area contributed by atoms with E-state index in [2.05, 4.69) is 19.2 Å². The van der Waals surface area contributed by atoms with Gasteiger partial charge in [0.15, 0.2) is 0 Å². The molecule has 4 heteroatoms. The van der Waals surface area contributed by atoms with Crippen LogP contribution < -0.4 is 5.32 Å². The molecule has 2 rings (SSSR count). The first-order chi connectivity index (χ1) is 7.55. The zero-order valence-electron chi connectivity index (χ0n) is 10.0. The number of thioether (sulfide) groups is 1. The van der Waals surface area contributed by atoms with E-state index in [0.717, 1.165) is 18.6 Å². The second-order valence-electron chi connectivity index (χ2n) is 5.22. The summed E-state index contributed by atoms with van der Waals surface area (Å²) in [5.74, 6) is 1.54. The fraction of sp³-hybridized carbons (Fsp3) is 0.917. The molecule has 2 fully saturated rings. The van der Waals surface area contributed by atoms with Gasteiger partial charge in [-0.2, -0.15) is 0 Å². The van der Waals surface area contributed by atoms with E-state index in [1.165, 1.54) is 12.8 Å². The van der Waals surface area contributed by atoms with E-state index < -0.39 is 5.97 Å². The lowest BCUT2D eigenvalue weighted by atomic mass is 9.77. The van der Waals surface area contributed by atoms with E-state index in [1.807, 2.05) is 11.8 Å². The van der Waals surface area contributed by atoms with Crippen molar-refractivity contribution in [2.75, 3.05) is 5.75 Å². The number of aliphatic carboxylic acids is 1. The molecule has 0 radical (unpaired) electrons. The standard InChI is InChI=1S/C12H21NO2S/c1-8-4-3-6-12(9(8)2)13-10(11(14)15)5-7-16-12/h8-10,13H,3-7H2,1-2H3,(H,14,15). The quantitative estimate of drug-likeness (QED) is 0.742. The Balaban J connectivity index is 2.13. The third kappa shape index (κ3) is 2.09. The maximum absolute atomic E-state index is 11.1. The Hall–Kier alpha value is -0.220. The Kier molecular flexibility index (Phi) is 3.50. The van der Waals surface area contributed by atoms with Gasteiger partial charge < -0.3 is 5.11 Å². The van der Waals surface area contributed by atoms with Crippen molar-refractivity contribution < 1.29 is 9.90 Å². The molecule has 0 aromatic rings. The van der Waals surface area contributed by atoms with Crippen molar-refractivity contribution in [1.29, 1.82) is 0 Å². The molecule has 0 aromatic heterocycles. The van der Waals surface area contributed by atoms with Crippen molar-refractivity contribution in [2.24, 2.45) is 11.8 Å². The molecule has 2 N–H and O–H groups in total. The Labute approximate surface area is 101 Å². The maximum atomic E-state index is 11.1. The van der Waals surface area contributed by atoms with Crippen LogP contribution in [0.2, 0.25) is 0 Å². The second kappa shape index (κ2) is 4.57. The highest BCUT2D eigenvalue weighted by Gasteiger charge is 2.46. The molecule has 3 nitrogen and oxygen atoms in total. The number of rotatable bonds is 1. The molecular weight excluding hydrogens is 222 g/mol. The minimum absolute atomic E-state index is 0.0268. The topological polar surface area (TPSA) is 49.3 Å². The van der Waals surface area contributed by atoms with Gasteiger partial charge in [-0.05, 0) is 30.4 Å². The Morgan fingerprint density at radius 1 is 1.44 bits per heavy atom. The van der Waals surface area contributed by atoms with Gasteiger partial charge in [-0.25, -0.2) is 0 Å². The summed E-state index contributed by atoms with van der Waals surface area (Å²) in [6, 6.07) is -0.339. The minimum atomic E-state index is -0.690. The SMILES string of the molecule is CC1CCCC2(NC(C(=O)O)CCS2)C1C. The van der Waals surface area contributed by atoms with Crippen LogP contribution in [0.15, 0.2) is 0 Å². The normalized spacial score (nSPS) is 44.5. The van der Waals surface area contributed by atoms with E-state index in [4.69, 9.17) is 5.11 Å². The molecule has 92 valence electrons. The van der Waals surface area contributed by atoms with E-state index in [1.54, 1.807) is 0 Å². The first kappa shape index (κ1) is 12.2. The molecule has 1 saturated carbocycles. The third-order valence-electron chi connectivity index (χ3n) is 4.28. The van der Waals surface area contributed by atoms with E-state index in [9.17, 15) is 4.79 Å². The number of hydrogen-bond donors (Lipinski definition) is 2. The fourth-order valence-electron chi connectivity index (χ4n) is 2.98. The molecule has 0 aromatic carbocycles. The number of nitrogens with one attached hydrogen (secondary N) is 1. The van der Waals surface area contributed by atoms with Crippen LogP contribution in [0.3, 0.4) is 0 Å². The van der Waals surface area contributed by atoms with Gasteiger partial charge in [-0.1, -0.05) is 26.7 Å². The van der Waals surface area contributed by atoms with Crippen molar-refractivity contribution in [2.45, 2.75) is 50.4 Å². The highest BCUT2D eigenvalue weighted by molar-refractivity contribution is 8.00. The Morgan fingerprint density at radius 2 is 2.19 bits per heavy atom. The fourth-order valence-corrected chi connectivity index (χ4v) is 4.71. The zero-order chi connectivity index (χ0) is 11.8. The number of hydrogen-bond acceptors (Lipinski definition) is 3. The van der Waals surface area contributed by atoms with Crippen LogP contribution >= 0.6 is 11.8 Å². The van der Waals surface area contributed by atoms with Crippen LogP contribution in [0.1, 0.15) is 39.5 Å². The first-order valence-corrected chi connectivity index (χ1v) is 7.18. The molecule has 0 amide bonds. The van der Waals surface area contributed by atoms with Gasteiger partial charge >= 0.3 is 5.97 Å². The molecule has 1 saturated heterocycles. The van der Waals surface area contributed by atoms with Crippen LogP contribution in [-0.4, -0.2) is 27.7 Å². The largest absolute Gasteiger partial charge is 0.480 e. The molecule has 1 aliphatic carbocycles. The average Bonchev–Trinajstić information content (AvgIpc) is 2.26. The summed E-state index contributed by atoms with van der Waals surface area (Å²) in [7, 11) is 0. The van der Waals surface area contributed by atoms with Gasteiger partial charge in [0.2, 0.25) is 0 Å². The highest BCUT2D eigenvalue weighted by Crippen LogP contribution is 2.47. The van der Waals surface area contributed by atoms with E-state index in [-0.39, 0.29) is 10.9 Å². The summed E-state index contributed by atoms with van der Waals surface area (Å²) in [6.45, 7) is 4.56. The maximum Gasteiger partial charge on any atom is 0.320 e. The summed E-state index contributed by atoms with van der Waals surface area (Å²) in [6.07, 6.45) is 4.37. The van der Waals surface area contributed by atoms with Crippen LogP contribution in [0.25, 0.3) is 0 Å². The summed E-state index contributed by atoms with van der Waals surface area (Å²) in [5, 5.41) is 12.5. The average molecular weight is 243 g/mol. The van der Waals surface area contributed by atoms with Crippen molar-refractivity contribution >= 4 is 17.7 Å².